The highest BCUT2D eigenvalue weighted by atomic mass is 32.2. The summed E-state index contributed by atoms with van der Waals surface area (Å²) < 4.78 is 35.7. The first kappa shape index (κ1) is 18.3. The number of hydrogen-bond acceptors (Lipinski definition) is 6. The van der Waals surface area contributed by atoms with Gasteiger partial charge in [-0.15, -0.1) is 0 Å². The Labute approximate surface area is 138 Å². The van der Waals surface area contributed by atoms with Gasteiger partial charge in [0.25, 0.3) is 0 Å². The van der Waals surface area contributed by atoms with Crippen LogP contribution in [-0.2, 0) is 26.1 Å². The molecule has 1 aromatic rings. The second-order valence-electron chi connectivity index (χ2n) is 5.83. The number of hydrogen-bond donors (Lipinski definition) is 0. The quantitative estimate of drug-likeness (QED) is 0.689. The van der Waals surface area contributed by atoms with E-state index in [2.05, 4.69) is 9.97 Å². The van der Waals surface area contributed by atoms with Gasteiger partial charge in [0.1, 0.15) is 5.82 Å². The molecule has 1 aliphatic heterocycles. The van der Waals surface area contributed by atoms with Gasteiger partial charge in [0, 0.05) is 37.9 Å². The summed E-state index contributed by atoms with van der Waals surface area (Å²) in [5.41, 5.74) is 1.83. The van der Waals surface area contributed by atoms with Crippen LogP contribution in [0.1, 0.15) is 35.8 Å². The molecule has 0 spiro atoms. The topological polar surface area (TPSA) is 81.6 Å². The summed E-state index contributed by atoms with van der Waals surface area (Å²) in [4.78, 5) is 8.82. The van der Waals surface area contributed by atoms with Crippen molar-refractivity contribution in [1.82, 2.24) is 14.3 Å². The maximum absolute atomic E-state index is 11.8. The Morgan fingerprint density at radius 3 is 2.87 bits per heavy atom. The minimum atomic E-state index is -3.17. The highest BCUT2D eigenvalue weighted by Crippen LogP contribution is 2.29. The van der Waals surface area contributed by atoms with Crippen LogP contribution < -0.4 is 0 Å². The molecule has 0 N–H and O–H groups in total. The lowest BCUT2D eigenvalue weighted by molar-refractivity contribution is 0.0608. The number of piperidine rings is 1. The van der Waals surface area contributed by atoms with Crippen molar-refractivity contribution < 1.29 is 17.9 Å². The van der Waals surface area contributed by atoms with E-state index in [1.54, 1.807) is 13.3 Å². The van der Waals surface area contributed by atoms with Gasteiger partial charge in [0.15, 0.2) is 0 Å². The van der Waals surface area contributed by atoms with Crippen molar-refractivity contribution in [2.75, 3.05) is 39.7 Å². The molecular formula is C15H25N3O4S. The lowest BCUT2D eigenvalue weighted by atomic mass is 9.93. The van der Waals surface area contributed by atoms with Gasteiger partial charge in [-0.1, -0.05) is 0 Å². The molecule has 2 heterocycles. The van der Waals surface area contributed by atoms with Crippen molar-refractivity contribution in [2.24, 2.45) is 0 Å². The van der Waals surface area contributed by atoms with Crippen LogP contribution in [0.3, 0.4) is 0 Å². The van der Waals surface area contributed by atoms with Gasteiger partial charge in [-0.05, 0) is 19.8 Å². The molecule has 0 aromatic carbocycles. The van der Waals surface area contributed by atoms with Crippen molar-refractivity contribution in [1.29, 1.82) is 0 Å². The lowest BCUT2D eigenvalue weighted by Crippen LogP contribution is -2.38. The van der Waals surface area contributed by atoms with Crippen LogP contribution in [0.2, 0.25) is 0 Å². The molecule has 130 valence electrons. The van der Waals surface area contributed by atoms with E-state index in [1.807, 2.05) is 6.92 Å². The van der Waals surface area contributed by atoms with Crippen LogP contribution >= 0.6 is 0 Å². The zero-order valence-electron chi connectivity index (χ0n) is 14.0. The van der Waals surface area contributed by atoms with E-state index in [0.29, 0.717) is 38.7 Å². The van der Waals surface area contributed by atoms with E-state index in [1.165, 1.54) is 10.6 Å². The van der Waals surface area contributed by atoms with E-state index < -0.39 is 10.0 Å². The monoisotopic (exact) mass is 343 g/mol. The molecule has 0 amide bonds. The Hall–Kier alpha value is -1.09. The summed E-state index contributed by atoms with van der Waals surface area (Å²) in [5.74, 6) is 0.776. The van der Waals surface area contributed by atoms with Gasteiger partial charge in [0.2, 0.25) is 10.0 Å². The number of aryl methyl sites for hydroxylation is 1. The molecular weight excluding hydrogens is 318 g/mol. The minimum Gasteiger partial charge on any atom is -0.382 e. The predicted octanol–water partition coefficient (Wildman–Crippen LogP) is 1.09. The van der Waals surface area contributed by atoms with Gasteiger partial charge in [0.05, 0.1) is 31.8 Å². The van der Waals surface area contributed by atoms with E-state index in [0.717, 1.165) is 24.1 Å². The van der Waals surface area contributed by atoms with E-state index in [4.69, 9.17) is 9.47 Å². The predicted molar refractivity (Wildman–Crippen MR) is 86.7 cm³/mol. The Morgan fingerprint density at radius 2 is 2.17 bits per heavy atom. The third kappa shape index (κ3) is 5.20. The zero-order chi connectivity index (χ0) is 16.9. The average molecular weight is 343 g/mol. The summed E-state index contributed by atoms with van der Waals surface area (Å²) in [6.07, 6.45) is 4.80. The number of methoxy groups -OCH3 is 1. The first-order chi connectivity index (χ1) is 10.9. The molecule has 1 atom stereocenters. The van der Waals surface area contributed by atoms with Gasteiger partial charge < -0.3 is 9.47 Å². The van der Waals surface area contributed by atoms with Crippen LogP contribution in [0.15, 0.2) is 6.20 Å². The van der Waals surface area contributed by atoms with Gasteiger partial charge in [-0.3, -0.25) is 0 Å². The van der Waals surface area contributed by atoms with Crippen LogP contribution in [-0.4, -0.2) is 62.4 Å². The van der Waals surface area contributed by atoms with Crippen molar-refractivity contribution >= 4 is 10.0 Å². The molecule has 1 aliphatic rings. The molecule has 1 unspecified atom stereocenters. The van der Waals surface area contributed by atoms with E-state index in [-0.39, 0.29) is 5.92 Å². The summed E-state index contributed by atoms with van der Waals surface area (Å²) in [5, 5.41) is 0. The standard InChI is InChI=1S/C15H25N3O4S/c1-12-16-9-14(11-22-8-7-21-2)15(17-12)13-5-4-6-18(10-13)23(3,19)20/h9,13H,4-8,10-11H2,1-3H3. The number of sulfonamides is 1. The first-order valence-electron chi connectivity index (χ1n) is 7.76. The van der Waals surface area contributed by atoms with Gasteiger partial charge in [-0.25, -0.2) is 22.7 Å². The second-order valence-corrected chi connectivity index (χ2v) is 7.82. The zero-order valence-corrected chi connectivity index (χ0v) is 14.8. The molecule has 0 saturated carbocycles. The number of ether oxygens (including phenoxy) is 2. The number of aromatic nitrogens is 2. The molecule has 0 aliphatic carbocycles. The molecule has 1 aromatic heterocycles. The molecule has 1 fully saturated rings. The smallest absolute Gasteiger partial charge is 0.211 e. The average Bonchev–Trinajstić information content (AvgIpc) is 2.52. The summed E-state index contributed by atoms with van der Waals surface area (Å²) >= 11 is 0. The normalized spacial score (nSPS) is 19.9. The minimum absolute atomic E-state index is 0.0844. The van der Waals surface area contributed by atoms with Crippen molar-refractivity contribution in [3.8, 4) is 0 Å². The third-order valence-electron chi connectivity index (χ3n) is 3.95. The third-order valence-corrected chi connectivity index (χ3v) is 5.22. The Bertz CT molecular complexity index is 621. The largest absolute Gasteiger partial charge is 0.382 e. The van der Waals surface area contributed by atoms with Crippen molar-refractivity contribution in [3.63, 3.8) is 0 Å². The maximum atomic E-state index is 11.8. The second kappa shape index (κ2) is 8.14. The van der Waals surface area contributed by atoms with Crippen molar-refractivity contribution in [2.45, 2.75) is 32.3 Å². The Balaban J connectivity index is 2.15. The SMILES string of the molecule is COCCOCc1cnc(C)nc1C1CCCN(S(C)(=O)=O)C1. The fourth-order valence-electron chi connectivity index (χ4n) is 2.77. The molecule has 23 heavy (non-hydrogen) atoms. The number of rotatable bonds is 7. The highest BCUT2D eigenvalue weighted by molar-refractivity contribution is 7.88. The molecule has 2 rings (SSSR count). The first-order valence-corrected chi connectivity index (χ1v) is 9.61. The van der Waals surface area contributed by atoms with E-state index in [9.17, 15) is 8.42 Å². The lowest BCUT2D eigenvalue weighted by Gasteiger charge is -2.31. The van der Waals surface area contributed by atoms with Crippen LogP contribution in [0.5, 0.6) is 0 Å². The van der Waals surface area contributed by atoms with Gasteiger partial charge >= 0.3 is 0 Å². The van der Waals surface area contributed by atoms with E-state index >= 15 is 0 Å². The Morgan fingerprint density at radius 1 is 1.39 bits per heavy atom. The van der Waals surface area contributed by atoms with Crippen LogP contribution in [0, 0.1) is 6.92 Å². The fraction of sp³-hybridized carbons (Fsp3) is 0.733. The van der Waals surface area contributed by atoms with Gasteiger partial charge in [-0.2, -0.15) is 0 Å². The highest BCUT2D eigenvalue weighted by Gasteiger charge is 2.29. The number of nitrogens with zero attached hydrogens (tertiary/aromatic N) is 3. The summed E-state index contributed by atoms with van der Waals surface area (Å²) in [6, 6.07) is 0. The maximum Gasteiger partial charge on any atom is 0.211 e. The summed E-state index contributed by atoms with van der Waals surface area (Å²) in [6.45, 7) is 4.35. The molecule has 0 bridgehead atoms. The molecule has 7 nitrogen and oxygen atoms in total. The van der Waals surface area contributed by atoms with Crippen molar-refractivity contribution in [3.05, 3.63) is 23.3 Å². The summed E-state index contributed by atoms with van der Waals surface area (Å²) in [7, 11) is -1.54. The molecule has 1 saturated heterocycles. The Kier molecular flexibility index (Phi) is 6.46. The fourth-order valence-corrected chi connectivity index (χ4v) is 3.68. The molecule has 8 heteroatoms. The molecule has 0 radical (unpaired) electrons. The van der Waals surface area contributed by atoms with Crippen LogP contribution in [0.25, 0.3) is 0 Å². The van der Waals surface area contributed by atoms with Crippen LogP contribution in [0.4, 0.5) is 0 Å².